The van der Waals surface area contributed by atoms with Gasteiger partial charge >= 0.3 is 0 Å². The molecule has 2 aromatic rings. The highest BCUT2D eigenvalue weighted by Gasteiger charge is 2.20. The molecule has 1 heterocycles. The number of anilines is 1. The molecule has 6 nitrogen and oxygen atoms in total. The number of ether oxygens (including phenoxy) is 2. The fourth-order valence-electron chi connectivity index (χ4n) is 2.89. The van der Waals surface area contributed by atoms with Gasteiger partial charge in [0.1, 0.15) is 5.75 Å². The second kappa shape index (κ2) is 9.19. The smallest absolute Gasteiger partial charge is 0.265 e. The fraction of sp³-hybridized carbons (Fsp3) is 0.333. The van der Waals surface area contributed by atoms with Gasteiger partial charge in [0.2, 0.25) is 0 Å². The topological polar surface area (TPSA) is 76.7 Å². The van der Waals surface area contributed by atoms with Gasteiger partial charge in [0.25, 0.3) is 11.8 Å². The summed E-state index contributed by atoms with van der Waals surface area (Å²) < 4.78 is 11.2. The molecule has 6 heteroatoms. The van der Waals surface area contributed by atoms with Crippen molar-refractivity contribution in [3.8, 4) is 5.75 Å². The van der Waals surface area contributed by atoms with Crippen LogP contribution in [0.2, 0.25) is 0 Å². The summed E-state index contributed by atoms with van der Waals surface area (Å²) in [6.45, 7) is 2.88. The number of carbonyl (C=O) groups excluding carboxylic acids is 2. The lowest BCUT2D eigenvalue weighted by Crippen LogP contribution is -2.34. The third-order valence-electron chi connectivity index (χ3n) is 4.37. The summed E-state index contributed by atoms with van der Waals surface area (Å²) in [6, 6.07) is 16.1. The number of hydrogen-bond acceptors (Lipinski definition) is 4. The summed E-state index contributed by atoms with van der Waals surface area (Å²) in [6.07, 6.45) is 1.34. The minimum Gasteiger partial charge on any atom is -0.481 e. The average molecular weight is 368 g/mol. The highest BCUT2D eigenvalue weighted by Crippen LogP contribution is 2.17. The molecule has 0 aliphatic carbocycles. The molecule has 2 atom stereocenters. The van der Waals surface area contributed by atoms with E-state index in [0.717, 1.165) is 19.4 Å². The predicted octanol–water partition coefficient (Wildman–Crippen LogP) is 3.00. The van der Waals surface area contributed by atoms with E-state index in [4.69, 9.17) is 9.47 Å². The van der Waals surface area contributed by atoms with Crippen molar-refractivity contribution >= 4 is 17.5 Å². The Morgan fingerprint density at radius 2 is 1.89 bits per heavy atom. The molecule has 2 amide bonds. The number of carbonyl (C=O) groups is 2. The van der Waals surface area contributed by atoms with Crippen LogP contribution in [-0.4, -0.2) is 37.2 Å². The Morgan fingerprint density at radius 3 is 2.63 bits per heavy atom. The molecule has 1 aliphatic heterocycles. The molecular weight excluding hydrogens is 344 g/mol. The van der Waals surface area contributed by atoms with E-state index in [1.54, 1.807) is 43.3 Å². The Labute approximate surface area is 158 Å². The predicted molar refractivity (Wildman–Crippen MR) is 103 cm³/mol. The fourth-order valence-corrected chi connectivity index (χ4v) is 2.89. The number of benzene rings is 2. The van der Waals surface area contributed by atoms with Gasteiger partial charge in [-0.05, 0) is 44.0 Å². The Hall–Kier alpha value is -2.86. The first-order chi connectivity index (χ1) is 13.1. The molecule has 0 saturated carbocycles. The van der Waals surface area contributed by atoms with E-state index in [1.807, 2.05) is 18.2 Å². The highest BCUT2D eigenvalue weighted by molar-refractivity contribution is 6.04. The number of nitrogens with one attached hydrogen (secondary N) is 2. The summed E-state index contributed by atoms with van der Waals surface area (Å²) in [4.78, 5) is 25.0. The monoisotopic (exact) mass is 368 g/mol. The van der Waals surface area contributed by atoms with Crippen LogP contribution in [0.4, 0.5) is 5.69 Å². The normalized spacial score (nSPS) is 17.1. The van der Waals surface area contributed by atoms with Crippen molar-refractivity contribution in [1.29, 1.82) is 0 Å². The van der Waals surface area contributed by atoms with Gasteiger partial charge in [-0.2, -0.15) is 0 Å². The van der Waals surface area contributed by atoms with Crippen molar-refractivity contribution in [3.63, 3.8) is 0 Å². The molecule has 27 heavy (non-hydrogen) atoms. The second-order valence-corrected chi connectivity index (χ2v) is 6.45. The van der Waals surface area contributed by atoms with E-state index in [-0.39, 0.29) is 17.9 Å². The van der Waals surface area contributed by atoms with Gasteiger partial charge in [0.15, 0.2) is 6.10 Å². The average Bonchev–Trinajstić information content (AvgIpc) is 3.21. The second-order valence-electron chi connectivity index (χ2n) is 6.45. The van der Waals surface area contributed by atoms with Crippen molar-refractivity contribution in [1.82, 2.24) is 5.32 Å². The number of amides is 2. The zero-order chi connectivity index (χ0) is 19.1. The van der Waals surface area contributed by atoms with Crippen molar-refractivity contribution in [3.05, 3.63) is 60.2 Å². The number of para-hydroxylation sites is 2. The van der Waals surface area contributed by atoms with Gasteiger partial charge in [-0.25, -0.2) is 0 Å². The molecule has 142 valence electrons. The summed E-state index contributed by atoms with van der Waals surface area (Å²) in [5.74, 6) is 0.0546. The van der Waals surface area contributed by atoms with Crippen LogP contribution in [0.5, 0.6) is 5.75 Å². The van der Waals surface area contributed by atoms with Gasteiger partial charge in [-0.3, -0.25) is 9.59 Å². The van der Waals surface area contributed by atoms with Crippen LogP contribution in [0, 0.1) is 0 Å². The van der Waals surface area contributed by atoms with E-state index in [0.29, 0.717) is 23.5 Å². The zero-order valence-electron chi connectivity index (χ0n) is 15.3. The minimum absolute atomic E-state index is 0.0648. The molecule has 1 aliphatic rings. The van der Waals surface area contributed by atoms with Crippen LogP contribution >= 0.6 is 0 Å². The van der Waals surface area contributed by atoms with Crippen molar-refractivity contribution in [2.75, 3.05) is 18.5 Å². The van der Waals surface area contributed by atoms with Crippen LogP contribution in [0.3, 0.4) is 0 Å². The molecule has 0 spiro atoms. The summed E-state index contributed by atoms with van der Waals surface area (Å²) in [5, 5.41) is 5.66. The van der Waals surface area contributed by atoms with Gasteiger partial charge < -0.3 is 20.1 Å². The number of hydrogen-bond donors (Lipinski definition) is 2. The quantitative estimate of drug-likeness (QED) is 0.788. The maximum Gasteiger partial charge on any atom is 0.265 e. The Bertz CT molecular complexity index is 773. The molecular formula is C21H24N2O4. The van der Waals surface area contributed by atoms with Gasteiger partial charge in [-0.1, -0.05) is 30.3 Å². The van der Waals surface area contributed by atoms with E-state index >= 15 is 0 Å². The van der Waals surface area contributed by atoms with E-state index in [9.17, 15) is 9.59 Å². The maximum absolute atomic E-state index is 12.5. The SMILES string of the molecule is C[C@@H](Oc1ccccc1)C(=O)Nc1ccccc1C(=O)NC[C@@H]1CCCO1. The first-order valence-corrected chi connectivity index (χ1v) is 9.15. The lowest BCUT2D eigenvalue weighted by atomic mass is 10.1. The molecule has 0 aromatic heterocycles. The van der Waals surface area contributed by atoms with Crippen LogP contribution in [0.15, 0.2) is 54.6 Å². The molecule has 0 bridgehead atoms. The highest BCUT2D eigenvalue weighted by atomic mass is 16.5. The summed E-state index contributed by atoms with van der Waals surface area (Å²) in [5.41, 5.74) is 0.867. The van der Waals surface area contributed by atoms with Gasteiger partial charge in [0.05, 0.1) is 17.4 Å². The minimum atomic E-state index is -0.699. The van der Waals surface area contributed by atoms with Crippen LogP contribution in [0.1, 0.15) is 30.1 Å². The molecule has 1 saturated heterocycles. The first kappa shape index (κ1) is 18.9. The third-order valence-corrected chi connectivity index (χ3v) is 4.37. The van der Waals surface area contributed by atoms with Gasteiger partial charge in [-0.15, -0.1) is 0 Å². The lowest BCUT2D eigenvalue weighted by molar-refractivity contribution is -0.122. The maximum atomic E-state index is 12.5. The molecule has 1 fully saturated rings. The molecule has 2 aromatic carbocycles. The van der Waals surface area contributed by atoms with Crippen LogP contribution < -0.4 is 15.4 Å². The molecule has 2 N–H and O–H groups in total. The Morgan fingerprint density at radius 1 is 1.15 bits per heavy atom. The van der Waals surface area contributed by atoms with Gasteiger partial charge in [0, 0.05) is 13.2 Å². The summed E-state index contributed by atoms with van der Waals surface area (Å²) >= 11 is 0. The largest absolute Gasteiger partial charge is 0.481 e. The molecule has 3 rings (SSSR count). The third kappa shape index (κ3) is 5.31. The van der Waals surface area contributed by atoms with Crippen molar-refractivity contribution in [2.24, 2.45) is 0 Å². The van der Waals surface area contributed by atoms with E-state index in [1.165, 1.54) is 0 Å². The standard InChI is InChI=1S/C21H24N2O4/c1-15(27-16-8-3-2-4-9-16)20(24)23-19-12-6-5-11-18(19)21(25)22-14-17-10-7-13-26-17/h2-6,8-9,11-12,15,17H,7,10,13-14H2,1H3,(H,22,25)(H,23,24)/t15-,17+/m1/s1. The zero-order valence-corrected chi connectivity index (χ0v) is 15.3. The van der Waals surface area contributed by atoms with Crippen LogP contribution in [-0.2, 0) is 9.53 Å². The summed E-state index contributed by atoms with van der Waals surface area (Å²) in [7, 11) is 0. The molecule has 0 radical (unpaired) electrons. The van der Waals surface area contributed by atoms with Crippen molar-refractivity contribution < 1.29 is 19.1 Å². The Balaban J connectivity index is 1.60. The Kier molecular flexibility index (Phi) is 6.44. The van der Waals surface area contributed by atoms with E-state index in [2.05, 4.69) is 10.6 Å². The van der Waals surface area contributed by atoms with E-state index < -0.39 is 6.10 Å². The van der Waals surface area contributed by atoms with Crippen molar-refractivity contribution in [2.45, 2.75) is 32.0 Å². The number of rotatable bonds is 7. The first-order valence-electron chi connectivity index (χ1n) is 9.15. The lowest BCUT2D eigenvalue weighted by Gasteiger charge is -2.17. The molecule has 0 unspecified atom stereocenters. The van der Waals surface area contributed by atoms with Crippen LogP contribution in [0.25, 0.3) is 0 Å².